The lowest BCUT2D eigenvalue weighted by Gasteiger charge is -2.29. The normalized spacial score (nSPS) is 14.9. The van der Waals surface area contributed by atoms with Gasteiger partial charge in [0, 0.05) is 30.9 Å². The molecule has 0 bridgehead atoms. The minimum Gasteiger partial charge on any atom is -0.378 e. The van der Waals surface area contributed by atoms with Crippen LogP contribution in [0.3, 0.4) is 0 Å². The highest BCUT2D eigenvalue weighted by Crippen LogP contribution is 2.34. The van der Waals surface area contributed by atoms with E-state index >= 15 is 4.39 Å². The van der Waals surface area contributed by atoms with E-state index in [1.165, 1.54) is 0 Å². The number of fused-ring (bicyclic) bond motifs is 2. The molecule has 6 rings (SSSR count). The zero-order valence-corrected chi connectivity index (χ0v) is 19.6. The molecule has 9 nitrogen and oxygen atoms in total. The number of hydrogen-bond donors (Lipinski definition) is 3. The van der Waals surface area contributed by atoms with Gasteiger partial charge in [0.05, 0.1) is 41.7 Å². The predicted octanol–water partition coefficient (Wildman–Crippen LogP) is 4.01. The second-order valence-electron chi connectivity index (χ2n) is 8.70. The number of nitrogens with one attached hydrogen (secondary N) is 3. The van der Waals surface area contributed by atoms with Crippen molar-refractivity contribution in [3.8, 4) is 11.4 Å². The van der Waals surface area contributed by atoms with Gasteiger partial charge >= 0.3 is 0 Å². The molecule has 1 saturated heterocycles. The number of benzene rings is 2. The molecule has 2 aromatic carbocycles. The summed E-state index contributed by atoms with van der Waals surface area (Å²) in [6.45, 7) is 4.25. The van der Waals surface area contributed by atoms with Crippen LogP contribution in [0.1, 0.15) is 18.8 Å². The van der Waals surface area contributed by atoms with E-state index in [2.05, 4.69) is 30.2 Å². The molecule has 36 heavy (non-hydrogen) atoms. The highest BCUT2D eigenvalue weighted by Gasteiger charge is 2.23. The molecule has 0 spiro atoms. The number of aromatic amines is 2. The first kappa shape index (κ1) is 22.2. The van der Waals surface area contributed by atoms with Gasteiger partial charge in [0.25, 0.3) is 5.56 Å². The van der Waals surface area contributed by atoms with E-state index in [1.807, 2.05) is 36.1 Å². The molecule has 10 heteroatoms. The predicted molar refractivity (Wildman–Crippen MR) is 137 cm³/mol. The Morgan fingerprint density at radius 3 is 2.64 bits per heavy atom. The van der Waals surface area contributed by atoms with Crippen LogP contribution in [-0.2, 0) is 4.74 Å². The third-order valence-corrected chi connectivity index (χ3v) is 6.42. The number of morpholine rings is 1. The summed E-state index contributed by atoms with van der Waals surface area (Å²) in [4.78, 5) is 34.6. The van der Waals surface area contributed by atoms with E-state index in [-0.39, 0.29) is 22.9 Å². The number of imidazole rings is 1. The fourth-order valence-electron chi connectivity index (χ4n) is 4.63. The number of ether oxygens (including phenoxy) is 1. The summed E-state index contributed by atoms with van der Waals surface area (Å²) in [5.74, 6) is 0.461. The summed E-state index contributed by atoms with van der Waals surface area (Å²) in [6.07, 6.45) is 3.34. The van der Waals surface area contributed by atoms with Gasteiger partial charge < -0.3 is 24.9 Å². The molecule has 182 valence electrons. The van der Waals surface area contributed by atoms with Gasteiger partial charge in [0.1, 0.15) is 22.7 Å². The number of H-pyrrole nitrogens is 2. The molecular weight excluding hydrogens is 461 g/mol. The molecule has 1 unspecified atom stereocenters. The van der Waals surface area contributed by atoms with E-state index in [0.29, 0.717) is 60.1 Å². The second kappa shape index (κ2) is 9.04. The maximum absolute atomic E-state index is 15.6. The van der Waals surface area contributed by atoms with Crippen molar-refractivity contribution in [2.24, 2.45) is 0 Å². The lowest BCUT2D eigenvalue weighted by Crippen LogP contribution is -2.36. The summed E-state index contributed by atoms with van der Waals surface area (Å²) in [7, 11) is 0. The van der Waals surface area contributed by atoms with Crippen molar-refractivity contribution in [2.75, 3.05) is 36.5 Å². The van der Waals surface area contributed by atoms with Gasteiger partial charge in [0.2, 0.25) is 0 Å². The minimum absolute atomic E-state index is 0.256. The molecule has 1 aliphatic heterocycles. The Morgan fingerprint density at radius 1 is 1.06 bits per heavy atom. The third kappa shape index (κ3) is 3.85. The standard InChI is InChI=1S/C26H24FN7O2/c1-15(24-28-9-4-10-29-24)30-22-16-5-2-3-6-17(16)32-26(35)20(22)25-31-18-7-8-19(21(27)23(18)33-25)34-11-13-36-14-12-34/h2-10,15H,11-14H2,1H3,(H,31,33)(H2,30,32,35). The number of aromatic nitrogens is 5. The first-order chi connectivity index (χ1) is 17.6. The summed E-state index contributed by atoms with van der Waals surface area (Å²) in [6, 6.07) is 12.4. The lowest BCUT2D eigenvalue weighted by atomic mass is 10.1. The van der Waals surface area contributed by atoms with E-state index < -0.39 is 5.82 Å². The number of pyridine rings is 1. The zero-order valence-electron chi connectivity index (χ0n) is 19.6. The molecule has 0 radical (unpaired) electrons. The van der Waals surface area contributed by atoms with Gasteiger partial charge in [-0.3, -0.25) is 4.79 Å². The Kier molecular flexibility index (Phi) is 5.57. The summed E-state index contributed by atoms with van der Waals surface area (Å²) >= 11 is 0. The Morgan fingerprint density at radius 2 is 1.83 bits per heavy atom. The Bertz CT molecular complexity index is 1610. The van der Waals surface area contributed by atoms with Gasteiger partial charge in [-0.15, -0.1) is 0 Å². The number of rotatable bonds is 5. The molecule has 0 amide bonds. The maximum Gasteiger partial charge on any atom is 0.261 e. The van der Waals surface area contributed by atoms with E-state index in [9.17, 15) is 4.79 Å². The quantitative estimate of drug-likeness (QED) is 0.345. The third-order valence-electron chi connectivity index (χ3n) is 6.42. The molecule has 1 atom stereocenters. The van der Waals surface area contributed by atoms with Crippen LogP contribution in [0, 0.1) is 5.82 Å². The second-order valence-corrected chi connectivity index (χ2v) is 8.70. The number of anilines is 2. The number of halogens is 1. The molecule has 3 N–H and O–H groups in total. The van der Waals surface area contributed by atoms with Gasteiger partial charge in [-0.1, -0.05) is 18.2 Å². The summed E-state index contributed by atoms with van der Waals surface area (Å²) < 4.78 is 21.0. The summed E-state index contributed by atoms with van der Waals surface area (Å²) in [5, 5.41) is 4.21. The first-order valence-electron chi connectivity index (χ1n) is 11.8. The van der Waals surface area contributed by atoms with Crippen molar-refractivity contribution in [1.82, 2.24) is 24.9 Å². The Labute approximate surface area is 205 Å². The molecule has 0 aliphatic carbocycles. The van der Waals surface area contributed by atoms with Crippen LogP contribution in [0.15, 0.2) is 59.7 Å². The highest BCUT2D eigenvalue weighted by molar-refractivity contribution is 5.99. The first-order valence-corrected chi connectivity index (χ1v) is 11.8. The molecule has 0 saturated carbocycles. The van der Waals surface area contributed by atoms with Gasteiger partial charge in [-0.2, -0.15) is 0 Å². The lowest BCUT2D eigenvalue weighted by molar-refractivity contribution is 0.122. The zero-order chi connectivity index (χ0) is 24.6. The van der Waals surface area contributed by atoms with Gasteiger partial charge in [0.15, 0.2) is 5.82 Å². The molecule has 1 aliphatic rings. The van der Waals surface area contributed by atoms with Crippen LogP contribution in [0.2, 0.25) is 0 Å². The van der Waals surface area contributed by atoms with Crippen LogP contribution in [0.5, 0.6) is 0 Å². The summed E-state index contributed by atoms with van der Waals surface area (Å²) in [5.41, 5.74) is 2.38. The van der Waals surface area contributed by atoms with Crippen LogP contribution in [0.25, 0.3) is 33.3 Å². The van der Waals surface area contributed by atoms with E-state index in [0.717, 1.165) is 5.39 Å². The van der Waals surface area contributed by atoms with Gasteiger partial charge in [-0.25, -0.2) is 19.3 Å². The van der Waals surface area contributed by atoms with Gasteiger partial charge in [-0.05, 0) is 31.2 Å². The average Bonchev–Trinajstić information content (AvgIpc) is 3.34. The molecule has 5 aromatic rings. The van der Waals surface area contributed by atoms with E-state index in [1.54, 1.807) is 30.6 Å². The number of nitrogens with zero attached hydrogens (tertiary/aromatic N) is 4. The smallest absolute Gasteiger partial charge is 0.261 e. The van der Waals surface area contributed by atoms with Crippen molar-refractivity contribution < 1.29 is 9.13 Å². The molecular formula is C26H24FN7O2. The maximum atomic E-state index is 15.6. The molecule has 4 heterocycles. The molecule has 3 aromatic heterocycles. The van der Waals surface area contributed by atoms with Crippen LogP contribution in [0.4, 0.5) is 15.8 Å². The monoisotopic (exact) mass is 485 g/mol. The van der Waals surface area contributed by atoms with Crippen molar-refractivity contribution in [3.05, 3.63) is 76.9 Å². The van der Waals surface area contributed by atoms with Crippen LogP contribution >= 0.6 is 0 Å². The number of hydrogen-bond acceptors (Lipinski definition) is 7. The fourth-order valence-corrected chi connectivity index (χ4v) is 4.63. The Hall–Kier alpha value is -4.31. The average molecular weight is 486 g/mol. The topological polar surface area (TPSA) is 112 Å². The van der Waals surface area contributed by atoms with Crippen LogP contribution in [-0.4, -0.2) is 51.2 Å². The van der Waals surface area contributed by atoms with Crippen molar-refractivity contribution in [1.29, 1.82) is 0 Å². The van der Waals surface area contributed by atoms with Crippen molar-refractivity contribution >= 4 is 33.3 Å². The fraction of sp³-hybridized carbons (Fsp3) is 0.231. The van der Waals surface area contributed by atoms with Crippen LogP contribution < -0.4 is 15.8 Å². The highest BCUT2D eigenvalue weighted by atomic mass is 19.1. The number of para-hydroxylation sites is 1. The Balaban J connectivity index is 1.50. The van der Waals surface area contributed by atoms with E-state index in [4.69, 9.17) is 4.74 Å². The molecule has 1 fully saturated rings. The minimum atomic E-state index is -0.397. The largest absolute Gasteiger partial charge is 0.378 e. The SMILES string of the molecule is CC(Nc1c(-c2nc3ccc(N4CCOCC4)c(F)c3[nH]2)c(=O)[nH]c2ccccc12)c1ncccn1. The van der Waals surface area contributed by atoms with Crippen molar-refractivity contribution in [3.63, 3.8) is 0 Å². The van der Waals surface area contributed by atoms with Crippen molar-refractivity contribution in [2.45, 2.75) is 13.0 Å².